The van der Waals surface area contributed by atoms with Gasteiger partial charge in [-0.15, -0.1) is 0 Å². The van der Waals surface area contributed by atoms with Crippen LogP contribution in [0.5, 0.6) is 11.5 Å². The molecule has 0 radical (unpaired) electrons. The summed E-state index contributed by atoms with van der Waals surface area (Å²) in [6.45, 7) is 11.0. The van der Waals surface area contributed by atoms with Gasteiger partial charge in [0.1, 0.15) is 5.56 Å². The number of carbonyl (C=O) groups excluding carboxylic acids is 1. The highest BCUT2D eigenvalue weighted by Gasteiger charge is 2.23. The molecule has 0 atom stereocenters. The van der Waals surface area contributed by atoms with Gasteiger partial charge in [-0.2, -0.15) is 0 Å². The van der Waals surface area contributed by atoms with Gasteiger partial charge in [-0.05, 0) is 31.9 Å². The summed E-state index contributed by atoms with van der Waals surface area (Å²) in [5, 5.41) is 6.83. The fourth-order valence-corrected chi connectivity index (χ4v) is 2.49. The number of hydrogen-bond donors (Lipinski definition) is 1. The van der Waals surface area contributed by atoms with Gasteiger partial charge in [0.2, 0.25) is 0 Å². The van der Waals surface area contributed by atoms with Crippen molar-refractivity contribution in [3.63, 3.8) is 0 Å². The molecule has 0 aliphatic rings. The van der Waals surface area contributed by atoms with Crippen molar-refractivity contribution in [2.24, 2.45) is 0 Å². The fourth-order valence-electron chi connectivity index (χ4n) is 2.49. The van der Waals surface area contributed by atoms with E-state index in [0.29, 0.717) is 47.4 Å². The second-order valence-corrected chi connectivity index (χ2v) is 6.47. The Morgan fingerprint density at radius 1 is 1.15 bits per heavy atom. The van der Waals surface area contributed by atoms with Gasteiger partial charge in [-0.3, -0.25) is 4.79 Å². The van der Waals surface area contributed by atoms with Crippen molar-refractivity contribution in [1.82, 2.24) is 5.16 Å². The summed E-state index contributed by atoms with van der Waals surface area (Å²) >= 11 is 0. The Morgan fingerprint density at radius 3 is 2.42 bits per heavy atom. The monoisotopic (exact) mass is 360 g/mol. The Bertz CT molecular complexity index is 737. The number of nitrogens with one attached hydrogen (secondary N) is 1. The van der Waals surface area contributed by atoms with E-state index in [2.05, 4.69) is 17.4 Å². The Morgan fingerprint density at radius 2 is 1.81 bits per heavy atom. The van der Waals surface area contributed by atoms with Crippen molar-refractivity contribution < 1.29 is 18.8 Å². The van der Waals surface area contributed by atoms with Crippen LogP contribution in [0.3, 0.4) is 0 Å². The third-order valence-electron chi connectivity index (χ3n) is 3.77. The molecule has 142 valence electrons. The maximum atomic E-state index is 12.7. The number of hydrogen-bond acceptors (Lipinski definition) is 5. The highest BCUT2D eigenvalue weighted by Crippen LogP contribution is 2.31. The van der Waals surface area contributed by atoms with E-state index >= 15 is 0 Å². The number of benzene rings is 1. The molecule has 2 rings (SSSR count). The number of amides is 1. The third-order valence-corrected chi connectivity index (χ3v) is 3.77. The molecular weight excluding hydrogens is 332 g/mol. The Hall–Kier alpha value is -2.50. The smallest absolute Gasteiger partial charge is 0.261 e. The number of ether oxygens (including phenoxy) is 2. The molecule has 1 amide bonds. The first-order chi connectivity index (χ1) is 12.5. The quantitative estimate of drug-likeness (QED) is 0.686. The molecule has 1 N–H and O–H groups in total. The second-order valence-electron chi connectivity index (χ2n) is 6.47. The molecule has 6 nitrogen and oxygen atoms in total. The van der Waals surface area contributed by atoms with Gasteiger partial charge >= 0.3 is 0 Å². The molecule has 0 aliphatic heterocycles. The van der Waals surface area contributed by atoms with Gasteiger partial charge in [0.25, 0.3) is 5.91 Å². The summed E-state index contributed by atoms with van der Waals surface area (Å²) in [6, 6.07) is 5.41. The molecule has 1 heterocycles. The molecule has 0 saturated heterocycles. The maximum Gasteiger partial charge on any atom is 0.261 e. The normalized spacial score (nSPS) is 10.8. The van der Waals surface area contributed by atoms with Crippen molar-refractivity contribution >= 4 is 11.6 Å². The van der Waals surface area contributed by atoms with Gasteiger partial charge in [0, 0.05) is 17.7 Å². The fraction of sp³-hybridized carbons (Fsp3) is 0.500. The average molecular weight is 360 g/mol. The zero-order chi connectivity index (χ0) is 19.1. The number of nitrogens with zero attached hydrogens (tertiary/aromatic N) is 1. The van der Waals surface area contributed by atoms with Crippen molar-refractivity contribution in [1.29, 1.82) is 0 Å². The maximum absolute atomic E-state index is 12.7. The lowest BCUT2D eigenvalue weighted by atomic mass is 10.0. The standard InChI is InChI=1S/C20H28N2O4/c1-6-10-24-16-9-8-15(12-17(16)25-11-7-2)21-20(23)18-14(5)22-26-19(18)13(3)4/h8-9,12-13H,6-7,10-11H2,1-5H3,(H,21,23). The summed E-state index contributed by atoms with van der Waals surface area (Å²) in [7, 11) is 0. The van der Waals surface area contributed by atoms with Gasteiger partial charge in [-0.25, -0.2) is 0 Å². The van der Waals surface area contributed by atoms with E-state index in [1.807, 2.05) is 26.8 Å². The van der Waals surface area contributed by atoms with Crippen LogP contribution in [0, 0.1) is 6.92 Å². The second kappa shape index (κ2) is 9.27. The summed E-state index contributed by atoms with van der Waals surface area (Å²) in [6.07, 6.45) is 1.80. The van der Waals surface area contributed by atoms with Crippen LogP contribution in [0.25, 0.3) is 0 Å². The topological polar surface area (TPSA) is 73.6 Å². The molecule has 1 aromatic carbocycles. The highest BCUT2D eigenvalue weighted by atomic mass is 16.5. The minimum Gasteiger partial charge on any atom is -0.490 e. The van der Waals surface area contributed by atoms with Crippen LogP contribution in [0.2, 0.25) is 0 Å². The van der Waals surface area contributed by atoms with Gasteiger partial charge in [-0.1, -0.05) is 32.9 Å². The molecule has 1 aromatic heterocycles. The minimum atomic E-state index is -0.240. The van der Waals surface area contributed by atoms with E-state index in [9.17, 15) is 4.79 Å². The molecule has 0 saturated carbocycles. The van der Waals surface area contributed by atoms with Crippen LogP contribution in [0.15, 0.2) is 22.7 Å². The summed E-state index contributed by atoms with van der Waals surface area (Å²) < 4.78 is 16.8. The lowest BCUT2D eigenvalue weighted by Crippen LogP contribution is -2.15. The summed E-state index contributed by atoms with van der Waals surface area (Å²) in [5.74, 6) is 1.73. The van der Waals surface area contributed by atoms with Crippen LogP contribution in [-0.4, -0.2) is 24.3 Å². The number of anilines is 1. The first kappa shape index (κ1) is 19.8. The summed E-state index contributed by atoms with van der Waals surface area (Å²) in [4.78, 5) is 12.7. The van der Waals surface area contributed by atoms with Gasteiger partial charge in [0.15, 0.2) is 17.3 Å². The predicted molar refractivity (Wildman–Crippen MR) is 101 cm³/mol. The molecule has 0 bridgehead atoms. The first-order valence-corrected chi connectivity index (χ1v) is 9.15. The van der Waals surface area contributed by atoms with Gasteiger partial charge in [0.05, 0.1) is 18.9 Å². The van der Waals surface area contributed by atoms with Crippen LogP contribution in [0.1, 0.15) is 68.3 Å². The minimum absolute atomic E-state index is 0.0743. The molecule has 0 fully saturated rings. The van der Waals surface area contributed by atoms with Crippen LogP contribution < -0.4 is 14.8 Å². The molecule has 2 aromatic rings. The molecule has 0 spiro atoms. The lowest BCUT2D eigenvalue weighted by molar-refractivity contribution is 0.102. The van der Waals surface area contributed by atoms with E-state index in [4.69, 9.17) is 14.0 Å². The zero-order valence-corrected chi connectivity index (χ0v) is 16.2. The van der Waals surface area contributed by atoms with Crippen molar-refractivity contribution in [2.45, 2.75) is 53.4 Å². The summed E-state index contributed by atoms with van der Waals surface area (Å²) in [5.41, 5.74) is 1.71. The number of aryl methyl sites for hydroxylation is 1. The van der Waals surface area contributed by atoms with Crippen LogP contribution in [0.4, 0.5) is 5.69 Å². The molecule has 0 aliphatic carbocycles. The third kappa shape index (κ3) is 4.77. The molecule has 0 unspecified atom stereocenters. The van der Waals surface area contributed by atoms with Gasteiger partial charge < -0.3 is 19.3 Å². The Labute approximate surface area is 154 Å². The van der Waals surface area contributed by atoms with E-state index in [1.165, 1.54) is 0 Å². The van der Waals surface area contributed by atoms with Crippen molar-refractivity contribution in [3.8, 4) is 11.5 Å². The molecular formula is C20H28N2O4. The van der Waals surface area contributed by atoms with Crippen LogP contribution >= 0.6 is 0 Å². The molecule has 26 heavy (non-hydrogen) atoms. The van der Waals surface area contributed by atoms with E-state index in [-0.39, 0.29) is 11.8 Å². The van der Waals surface area contributed by atoms with Crippen molar-refractivity contribution in [3.05, 3.63) is 35.2 Å². The Balaban J connectivity index is 2.23. The molecule has 6 heteroatoms. The van der Waals surface area contributed by atoms with E-state index in [1.54, 1.807) is 19.1 Å². The number of aromatic nitrogens is 1. The van der Waals surface area contributed by atoms with E-state index in [0.717, 1.165) is 12.8 Å². The largest absolute Gasteiger partial charge is 0.490 e. The SMILES string of the molecule is CCCOc1ccc(NC(=O)c2c(C)noc2C(C)C)cc1OCCC. The predicted octanol–water partition coefficient (Wildman–Crippen LogP) is 4.94. The van der Waals surface area contributed by atoms with Crippen molar-refractivity contribution in [2.75, 3.05) is 18.5 Å². The number of carbonyl (C=O) groups is 1. The first-order valence-electron chi connectivity index (χ1n) is 9.15. The Kier molecular flexibility index (Phi) is 7.06. The number of rotatable bonds is 9. The van der Waals surface area contributed by atoms with E-state index < -0.39 is 0 Å². The zero-order valence-electron chi connectivity index (χ0n) is 16.2. The highest BCUT2D eigenvalue weighted by molar-refractivity contribution is 6.05. The average Bonchev–Trinajstić information content (AvgIpc) is 3.01. The lowest BCUT2D eigenvalue weighted by Gasteiger charge is -2.14. The van der Waals surface area contributed by atoms with Crippen LogP contribution in [-0.2, 0) is 0 Å².